The molecular formula is C15H20F2N2O2. The van der Waals surface area contributed by atoms with Gasteiger partial charge in [0, 0.05) is 19.0 Å². The summed E-state index contributed by atoms with van der Waals surface area (Å²) in [6.07, 6.45) is 1.14. The third-order valence-electron chi connectivity index (χ3n) is 3.99. The van der Waals surface area contributed by atoms with E-state index in [2.05, 4.69) is 5.32 Å². The minimum atomic E-state index is -0.873. The summed E-state index contributed by atoms with van der Waals surface area (Å²) in [4.78, 5) is 13.8. The van der Waals surface area contributed by atoms with Crippen molar-refractivity contribution in [1.82, 2.24) is 10.2 Å². The minimum Gasteiger partial charge on any atom is -0.395 e. The van der Waals surface area contributed by atoms with Crippen molar-refractivity contribution in [2.75, 3.05) is 26.7 Å². The number of nitrogens with one attached hydrogen (secondary N) is 1. The van der Waals surface area contributed by atoms with Crippen molar-refractivity contribution in [2.24, 2.45) is 0 Å². The van der Waals surface area contributed by atoms with E-state index in [1.165, 1.54) is 11.0 Å². The second-order valence-corrected chi connectivity index (χ2v) is 5.27. The molecule has 6 heteroatoms. The maximum Gasteiger partial charge on any atom is 0.239 e. The largest absolute Gasteiger partial charge is 0.395 e. The van der Waals surface area contributed by atoms with Gasteiger partial charge in [-0.15, -0.1) is 0 Å². The molecule has 2 N–H and O–H groups in total. The van der Waals surface area contributed by atoms with E-state index in [0.717, 1.165) is 6.07 Å². The number of likely N-dealkylation sites (tertiary alicyclic amines) is 1. The molecule has 1 aromatic carbocycles. The number of rotatable bonds is 4. The first-order valence-corrected chi connectivity index (χ1v) is 7.09. The van der Waals surface area contributed by atoms with Crippen molar-refractivity contribution in [1.29, 1.82) is 0 Å². The Balaban J connectivity index is 2.28. The Morgan fingerprint density at radius 3 is 2.81 bits per heavy atom. The molecule has 0 spiro atoms. The average Bonchev–Trinajstić information content (AvgIpc) is 2.62. The van der Waals surface area contributed by atoms with Crippen LogP contribution in [0.1, 0.15) is 24.3 Å². The van der Waals surface area contributed by atoms with Crippen molar-refractivity contribution < 1.29 is 18.7 Å². The molecule has 1 saturated heterocycles. The molecule has 21 heavy (non-hydrogen) atoms. The number of aliphatic hydroxyl groups excluding tert-OH is 1. The topological polar surface area (TPSA) is 52.6 Å². The zero-order valence-corrected chi connectivity index (χ0v) is 12.0. The van der Waals surface area contributed by atoms with E-state index < -0.39 is 11.6 Å². The fourth-order valence-electron chi connectivity index (χ4n) is 2.84. The van der Waals surface area contributed by atoms with Crippen molar-refractivity contribution in [3.63, 3.8) is 0 Å². The first-order chi connectivity index (χ1) is 10.1. The number of carbonyl (C=O) groups excluding carboxylic acids is 1. The van der Waals surface area contributed by atoms with Crippen LogP contribution in [0.4, 0.5) is 8.78 Å². The Morgan fingerprint density at radius 1 is 1.38 bits per heavy atom. The van der Waals surface area contributed by atoms with Crippen LogP contribution in [0.2, 0.25) is 0 Å². The molecule has 116 valence electrons. The fraction of sp³-hybridized carbons (Fsp3) is 0.533. The molecular weight excluding hydrogens is 278 g/mol. The Morgan fingerprint density at radius 2 is 2.14 bits per heavy atom. The highest BCUT2D eigenvalue weighted by molar-refractivity contribution is 5.82. The van der Waals surface area contributed by atoms with Gasteiger partial charge in [-0.05, 0) is 31.5 Å². The van der Waals surface area contributed by atoms with Crippen LogP contribution < -0.4 is 5.32 Å². The highest BCUT2D eigenvalue weighted by Gasteiger charge is 2.31. The van der Waals surface area contributed by atoms with Crippen LogP contribution in [0.25, 0.3) is 0 Å². The van der Waals surface area contributed by atoms with Crippen LogP contribution >= 0.6 is 0 Å². The summed E-state index contributed by atoms with van der Waals surface area (Å²) in [5, 5.41) is 12.0. The number of hydrogen-bond donors (Lipinski definition) is 2. The average molecular weight is 298 g/mol. The Kier molecular flexibility index (Phi) is 5.25. The van der Waals surface area contributed by atoms with Crippen LogP contribution in [0, 0.1) is 11.6 Å². The molecule has 0 aliphatic carbocycles. The van der Waals surface area contributed by atoms with Crippen molar-refractivity contribution in [3.8, 4) is 0 Å². The van der Waals surface area contributed by atoms with Gasteiger partial charge in [0.2, 0.25) is 5.91 Å². The Bertz CT molecular complexity index is 510. The number of halogens is 2. The predicted molar refractivity (Wildman–Crippen MR) is 74.8 cm³/mol. The third-order valence-corrected chi connectivity index (χ3v) is 3.99. The molecule has 0 radical (unpaired) electrons. The molecule has 0 bridgehead atoms. The maximum absolute atomic E-state index is 14.0. The van der Waals surface area contributed by atoms with Gasteiger partial charge in [0.1, 0.15) is 0 Å². The summed E-state index contributed by atoms with van der Waals surface area (Å²) in [6, 6.07) is 3.78. The van der Waals surface area contributed by atoms with Crippen LogP contribution in [-0.4, -0.2) is 48.7 Å². The van der Waals surface area contributed by atoms with E-state index in [1.807, 2.05) is 0 Å². The maximum atomic E-state index is 14.0. The van der Waals surface area contributed by atoms with Gasteiger partial charge in [0.05, 0.1) is 12.6 Å². The number of aliphatic hydroxyl groups is 1. The molecule has 1 aliphatic rings. The van der Waals surface area contributed by atoms with Crippen LogP contribution in [0.15, 0.2) is 18.2 Å². The van der Waals surface area contributed by atoms with Crippen LogP contribution in [0.3, 0.4) is 0 Å². The number of amides is 1. The van der Waals surface area contributed by atoms with E-state index in [-0.39, 0.29) is 37.6 Å². The number of likely N-dealkylation sites (N-methyl/N-ethyl adjacent to an activating group) is 1. The second-order valence-electron chi connectivity index (χ2n) is 5.27. The molecule has 4 nitrogen and oxygen atoms in total. The van der Waals surface area contributed by atoms with E-state index in [0.29, 0.717) is 18.4 Å². The second kappa shape index (κ2) is 6.95. The standard InChI is InChI=1S/C15H20F2N2O2/c1-18-13-6-5-10(9-19(7-8-20)15(13)21)11-3-2-4-12(16)14(11)17/h2-4,10,13,18,20H,5-9H2,1H3/t10-,13-/m1/s1. The summed E-state index contributed by atoms with van der Waals surface area (Å²) in [5.74, 6) is -2.09. The molecule has 2 rings (SSSR count). The number of hydrogen-bond acceptors (Lipinski definition) is 3. The number of nitrogens with zero attached hydrogens (tertiary/aromatic N) is 1. The van der Waals surface area contributed by atoms with E-state index in [4.69, 9.17) is 5.11 Å². The van der Waals surface area contributed by atoms with Gasteiger partial charge in [-0.3, -0.25) is 4.79 Å². The lowest BCUT2D eigenvalue weighted by Gasteiger charge is -2.25. The first-order valence-electron chi connectivity index (χ1n) is 7.09. The van der Waals surface area contributed by atoms with Gasteiger partial charge in [0.15, 0.2) is 11.6 Å². The molecule has 0 saturated carbocycles. The van der Waals surface area contributed by atoms with Gasteiger partial charge in [-0.2, -0.15) is 0 Å². The number of carbonyl (C=O) groups is 1. The van der Waals surface area contributed by atoms with Gasteiger partial charge < -0.3 is 15.3 Å². The van der Waals surface area contributed by atoms with Crippen molar-refractivity contribution in [2.45, 2.75) is 24.8 Å². The third kappa shape index (κ3) is 3.39. The number of β-amino-alcohol motifs (C(OH)–C–C–N with tert-alkyl or cyclic N) is 1. The molecule has 0 unspecified atom stereocenters. The van der Waals surface area contributed by atoms with Gasteiger partial charge in [-0.1, -0.05) is 12.1 Å². The zero-order chi connectivity index (χ0) is 15.4. The van der Waals surface area contributed by atoms with E-state index in [9.17, 15) is 13.6 Å². The summed E-state index contributed by atoms with van der Waals surface area (Å²) < 4.78 is 27.4. The lowest BCUT2D eigenvalue weighted by atomic mass is 9.93. The molecule has 1 aromatic rings. The minimum absolute atomic E-state index is 0.106. The summed E-state index contributed by atoms with van der Waals surface area (Å²) >= 11 is 0. The lowest BCUT2D eigenvalue weighted by Crippen LogP contribution is -2.45. The highest BCUT2D eigenvalue weighted by Crippen LogP contribution is 2.29. The quantitative estimate of drug-likeness (QED) is 0.879. The number of benzene rings is 1. The predicted octanol–water partition coefficient (Wildman–Crippen LogP) is 1.25. The summed E-state index contributed by atoms with van der Waals surface area (Å²) in [5.41, 5.74) is 0.294. The van der Waals surface area contributed by atoms with Crippen molar-refractivity contribution in [3.05, 3.63) is 35.4 Å². The highest BCUT2D eigenvalue weighted by atomic mass is 19.2. The van der Waals surface area contributed by atoms with Crippen LogP contribution in [0.5, 0.6) is 0 Å². The monoisotopic (exact) mass is 298 g/mol. The Labute approximate surface area is 122 Å². The van der Waals surface area contributed by atoms with Crippen LogP contribution in [-0.2, 0) is 4.79 Å². The summed E-state index contributed by atoms with van der Waals surface area (Å²) in [7, 11) is 1.70. The SMILES string of the molecule is CN[C@@H]1CC[C@@H](c2cccc(F)c2F)CN(CCO)C1=O. The molecule has 1 amide bonds. The molecule has 1 heterocycles. The Hall–Kier alpha value is -1.53. The lowest BCUT2D eigenvalue weighted by molar-refractivity contribution is -0.133. The normalized spacial score (nSPS) is 23.2. The van der Waals surface area contributed by atoms with Crippen molar-refractivity contribution >= 4 is 5.91 Å². The van der Waals surface area contributed by atoms with E-state index in [1.54, 1.807) is 13.1 Å². The van der Waals surface area contributed by atoms with Gasteiger partial charge >= 0.3 is 0 Å². The fourth-order valence-corrected chi connectivity index (χ4v) is 2.84. The van der Waals surface area contributed by atoms with Gasteiger partial charge in [-0.25, -0.2) is 8.78 Å². The summed E-state index contributed by atoms with van der Waals surface area (Å²) in [6.45, 7) is 0.336. The zero-order valence-electron chi connectivity index (χ0n) is 12.0. The molecule has 1 aliphatic heterocycles. The molecule has 1 fully saturated rings. The smallest absolute Gasteiger partial charge is 0.239 e. The molecule has 2 atom stereocenters. The first kappa shape index (κ1) is 15.9. The van der Waals surface area contributed by atoms with E-state index >= 15 is 0 Å². The molecule has 0 aromatic heterocycles. The van der Waals surface area contributed by atoms with Gasteiger partial charge in [0.25, 0.3) is 0 Å².